The van der Waals surface area contributed by atoms with Gasteiger partial charge < -0.3 is 24.6 Å². The van der Waals surface area contributed by atoms with Gasteiger partial charge in [0.15, 0.2) is 0 Å². The second-order valence-corrected chi connectivity index (χ2v) is 8.18. The fraction of sp³-hybridized carbons (Fsp3) is 0.684. The Morgan fingerprint density at radius 2 is 1.60 bits per heavy atom. The van der Waals surface area contributed by atoms with Crippen LogP contribution in [0.15, 0.2) is 24.3 Å². The molecule has 5 nitrogen and oxygen atoms in total. The van der Waals surface area contributed by atoms with Gasteiger partial charge in [-0.2, -0.15) is 0 Å². The summed E-state index contributed by atoms with van der Waals surface area (Å²) in [7, 11) is 1.12. The normalized spacial score (nSPS) is 17.7. The van der Waals surface area contributed by atoms with Crippen molar-refractivity contribution in [2.75, 3.05) is 39.8 Å². The molecule has 0 amide bonds. The number of hydrogen-bond donors (Lipinski definition) is 2. The molecule has 0 atom stereocenters. The number of aliphatic hydroxyl groups is 1. The molecule has 1 heterocycles. The van der Waals surface area contributed by atoms with Crippen LogP contribution >= 0.6 is 0 Å². The zero-order valence-corrected chi connectivity index (χ0v) is 16.3. The van der Waals surface area contributed by atoms with E-state index in [1.54, 1.807) is 27.7 Å². The third-order valence-electron chi connectivity index (χ3n) is 5.46. The summed E-state index contributed by atoms with van der Waals surface area (Å²) in [5.41, 5.74) is 0.0699. The van der Waals surface area contributed by atoms with E-state index in [1.165, 1.54) is 5.56 Å². The highest BCUT2D eigenvalue weighted by molar-refractivity contribution is 6.60. The van der Waals surface area contributed by atoms with Crippen molar-refractivity contribution in [2.45, 2.75) is 45.3 Å². The summed E-state index contributed by atoms with van der Waals surface area (Å²) in [6.45, 7) is 12.5. The average Bonchev–Trinajstić information content (AvgIpc) is 2.53. The second-order valence-electron chi connectivity index (χ2n) is 8.18. The first-order chi connectivity index (χ1) is 11.6. The van der Waals surface area contributed by atoms with Crippen LogP contribution in [0.5, 0.6) is 0 Å². The summed E-state index contributed by atoms with van der Waals surface area (Å²) >= 11 is 0. The Kier molecular flexibility index (Phi) is 6.68. The van der Waals surface area contributed by atoms with Gasteiger partial charge in [-0.3, -0.25) is 0 Å². The Labute approximate surface area is 152 Å². The Bertz CT molecular complexity index is 535. The van der Waals surface area contributed by atoms with E-state index in [2.05, 4.69) is 29.0 Å². The lowest BCUT2D eigenvalue weighted by molar-refractivity contribution is -0.0982. The zero-order chi connectivity index (χ0) is 18.7. The Balaban J connectivity index is 1.86. The predicted molar refractivity (Wildman–Crippen MR) is 103 cm³/mol. The number of rotatable bonds is 7. The minimum absolute atomic E-state index is 0.709. The molecule has 0 aliphatic carbocycles. The molecular formula is C19H33BN2O3. The van der Waals surface area contributed by atoms with Crippen LogP contribution in [-0.2, 0) is 11.1 Å². The summed E-state index contributed by atoms with van der Waals surface area (Å²) in [5.74, 6) is 0. The third kappa shape index (κ3) is 5.79. The highest BCUT2D eigenvalue weighted by atomic mass is 16.5. The van der Waals surface area contributed by atoms with Crippen LogP contribution in [0.1, 0.15) is 33.3 Å². The molecule has 2 N–H and O–H groups in total. The lowest BCUT2D eigenvalue weighted by Crippen LogP contribution is -2.53. The molecular weight excluding hydrogens is 315 g/mol. The molecule has 0 spiro atoms. The molecule has 0 aromatic heterocycles. The summed E-state index contributed by atoms with van der Waals surface area (Å²) in [5, 5.41) is 20.5. The standard InChI is InChI=1S/C19H33BN2O3/c1-18(2,23)19(3,4)25-20(24)17-8-6-16(7-9-17)10-11-22-14-12-21(5)13-15-22/h6-9,23-24H,10-15H2,1-5H3. The van der Waals surface area contributed by atoms with E-state index in [0.717, 1.165) is 39.1 Å². The maximum Gasteiger partial charge on any atom is 0.491 e. The average molecular weight is 348 g/mol. The first-order valence-corrected chi connectivity index (χ1v) is 9.16. The molecule has 0 saturated carbocycles. The highest BCUT2D eigenvalue weighted by Gasteiger charge is 2.39. The first-order valence-electron chi connectivity index (χ1n) is 9.16. The molecule has 1 saturated heterocycles. The molecule has 1 aliphatic rings. The van der Waals surface area contributed by atoms with Crippen molar-refractivity contribution in [1.82, 2.24) is 9.80 Å². The van der Waals surface area contributed by atoms with E-state index >= 15 is 0 Å². The lowest BCUT2D eigenvalue weighted by atomic mass is 9.76. The van der Waals surface area contributed by atoms with Gasteiger partial charge >= 0.3 is 7.12 Å². The van der Waals surface area contributed by atoms with Crippen molar-refractivity contribution < 1.29 is 14.8 Å². The summed E-state index contributed by atoms with van der Waals surface area (Å²) in [4.78, 5) is 4.86. The second kappa shape index (κ2) is 8.19. The maximum atomic E-state index is 10.3. The van der Waals surface area contributed by atoms with Crippen molar-refractivity contribution >= 4 is 12.6 Å². The van der Waals surface area contributed by atoms with Crippen molar-refractivity contribution in [2.24, 2.45) is 0 Å². The largest absolute Gasteiger partial charge is 0.491 e. The predicted octanol–water partition coefficient (Wildman–Crippen LogP) is 0.730. The quantitative estimate of drug-likeness (QED) is 0.712. The monoisotopic (exact) mass is 348 g/mol. The number of nitrogens with zero attached hydrogens (tertiary/aromatic N) is 2. The molecule has 1 aromatic carbocycles. The van der Waals surface area contributed by atoms with Gasteiger partial charge in [-0.1, -0.05) is 24.3 Å². The number of piperazine rings is 1. The minimum atomic E-state index is -1.05. The maximum absolute atomic E-state index is 10.3. The highest BCUT2D eigenvalue weighted by Crippen LogP contribution is 2.25. The van der Waals surface area contributed by atoms with E-state index in [1.807, 2.05) is 12.1 Å². The molecule has 140 valence electrons. The Morgan fingerprint density at radius 3 is 2.12 bits per heavy atom. The summed E-state index contributed by atoms with van der Waals surface area (Å²) in [6.07, 6.45) is 1.01. The smallest absolute Gasteiger partial charge is 0.423 e. The van der Waals surface area contributed by atoms with Gasteiger partial charge in [0, 0.05) is 32.7 Å². The van der Waals surface area contributed by atoms with Gasteiger partial charge in [-0.05, 0) is 52.2 Å². The molecule has 1 fully saturated rings. The molecule has 0 radical (unpaired) electrons. The van der Waals surface area contributed by atoms with Crippen LogP contribution in [0.3, 0.4) is 0 Å². The van der Waals surface area contributed by atoms with Crippen LogP contribution < -0.4 is 5.46 Å². The van der Waals surface area contributed by atoms with Crippen LogP contribution in [0.2, 0.25) is 0 Å². The first kappa shape index (κ1) is 20.4. The number of hydrogen-bond acceptors (Lipinski definition) is 5. The van der Waals surface area contributed by atoms with Crippen molar-refractivity contribution in [3.63, 3.8) is 0 Å². The zero-order valence-electron chi connectivity index (χ0n) is 16.3. The SMILES string of the molecule is CN1CCN(CCc2ccc(B(O)OC(C)(C)C(C)(C)O)cc2)CC1. The van der Waals surface area contributed by atoms with Crippen molar-refractivity contribution in [3.8, 4) is 0 Å². The summed E-state index contributed by atoms with van der Waals surface area (Å²) in [6, 6.07) is 7.92. The van der Waals surface area contributed by atoms with Gasteiger partial charge in [-0.25, -0.2) is 0 Å². The Hall–Kier alpha value is -0.915. The molecule has 0 unspecified atom stereocenters. The van der Waals surface area contributed by atoms with Crippen molar-refractivity contribution in [1.29, 1.82) is 0 Å². The van der Waals surface area contributed by atoms with Gasteiger partial charge in [-0.15, -0.1) is 0 Å². The lowest BCUT2D eigenvalue weighted by Gasteiger charge is -2.38. The summed E-state index contributed by atoms with van der Waals surface area (Å²) < 4.78 is 5.69. The minimum Gasteiger partial charge on any atom is -0.423 e. The molecule has 2 rings (SSSR count). The fourth-order valence-electron chi connectivity index (χ4n) is 2.70. The van der Waals surface area contributed by atoms with Crippen LogP contribution in [-0.4, -0.2) is 78.0 Å². The molecule has 0 bridgehead atoms. The van der Waals surface area contributed by atoms with Crippen LogP contribution in [0, 0.1) is 0 Å². The van der Waals surface area contributed by atoms with Gasteiger partial charge in [0.2, 0.25) is 0 Å². The molecule has 6 heteroatoms. The van der Waals surface area contributed by atoms with Gasteiger partial charge in [0.1, 0.15) is 0 Å². The fourth-order valence-corrected chi connectivity index (χ4v) is 2.70. The topological polar surface area (TPSA) is 56.2 Å². The van der Waals surface area contributed by atoms with E-state index < -0.39 is 18.3 Å². The number of benzene rings is 1. The number of likely N-dealkylation sites (N-methyl/N-ethyl adjacent to an activating group) is 1. The van der Waals surface area contributed by atoms with E-state index in [-0.39, 0.29) is 0 Å². The molecule has 25 heavy (non-hydrogen) atoms. The van der Waals surface area contributed by atoms with Crippen LogP contribution in [0.4, 0.5) is 0 Å². The molecule has 1 aromatic rings. The van der Waals surface area contributed by atoms with E-state index in [4.69, 9.17) is 4.65 Å². The third-order valence-corrected chi connectivity index (χ3v) is 5.46. The van der Waals surface area contributed by atoms with Crippen molar-refractivity contribution in [3.05, 3.63) is 29.8 Å². The van der Waals surface area contributed by atoms with E-state index in [0.29, 0.717) is 5.46 Å². The molecule has 1 aliphatic heterocycles. The van der Waals surface area contributed by atoms with Crippen LogP contribution in [0.25, 0.3) is 0 Å². The van der Waals surface area contributed by atoms with Gasteiger partial charge in [0.05, 0.1) is 11.2 Å². The van der Waals surface area contributed by atoms with E-state index in [9.17, 15) is 10.1 Å². The van der Waals surface area contributed by atoms with Gasteiger partial charge in [0.25, 0.3) is 0 Å². The Morgan fingerprint density at radius 1 is 1.04 bits per heavy atom.